The van der Waals surface area contributed by atoms with Crippen molar-refractivity contribution in [1.29, 1.82) is 0 Å². The average Bonchev–Trinajstić information content (AvgIpc) is 2.84. The fourth-order valence-electron chi connectivity index (χ4n) is 3.57. The van der Waals surface area contributed by atoms with E-state index in [0.717, 1.165) is 20.5 Å². The van der Waals surface area contributed by atoms with Gasteiger partial charge in [-0.15, -0.1) is 0 Å². The van der Waals surface area contributed by atoms with E-state index < -0.39 is 23.8 Å². The molecular formula is C26H18BrClN2O5. The predicted octanol–water partition coefficient (Wildman–Crippen LogP) is 5.15. The molecule has 0 radical (unpaired) electrons. The SMILES string of the molecule is COC(=O)c1ccc(N2C(=O)NC(=O)/C(=C\c3ccc(Cc4ccccc4Cl)c(Br)c3)C2=O)cc1. The van der Waals surface area contributed by atoms with Gasteiger partial charge in [-0.05, 0) is 59.2 Å². The van der Waals surface area contributed by atoms with Crippen molar-refractivity contribution in [3.63, 3.8) is 0 Å². The quantitative estimate of drug-likeness (QED) is 0.268. The first kappa shape index (κ1) is 24.4. The third kappa shape index (κ3) is 5.18. The van der Waals surface area contributed by atoms with Crippen LogP contribution in [0.15, 0.2) is 76.8 Å². The maximum atomic E-state index is 13.1. The zero-order chi connectivity index (χ0) is 25.1. The number of urea groups is 1. The van der Waals surface area contributed by atoms with Crippen molar-refractivity contribution in [1.82, 2.24) is 5.32 Å². The van der Waals surface area contributed by atoms with Gasteiger partial charge in [-0.2, -0.15) is 0 Å². The summed E-state index contributed by atoms with van der Waals surface area (Å²) in [6.45, 7) is 0. The number of nitrogens with zero attached hydrogens (tertiary/aromatic N) is 1. The molecule has 9 heteroatoms. The Bertz CT molecular complexity index is 1380. The molecule has 0 unspecified atom stereocenters. The standard InChI is InChI=1S/C26H18BrClN2O5/c1-35-25(33)16-8-10-19(11-9-16)30-24(32)20(23(31)29-26(30)34)12-15-6-7-17(21(27)13-15)14-18-4-2-3-5-22(18)28/h2-13H,14H2,1H3,(H,29,31,34)/b20-12+. The molecule has 1 N–H and O–H groups in total. The molecule has 35 heavy (non-hydrogen) atoms. The maximum Gasteiger partial charge on any atom is 0.337 e. The maximum absolute atomic E-state index is 13.1. The van der Waals surface area contributed by atoms with Gasteiger partial charge >= 0.3 is 12.0 Å². The highest BCUT2D eigenvalue weighted by molar-refractivity contribution is 9.10. The molecule has 4 amide bonds. The number of carbonyl (C=O) groups is 4. The molecule has 0 bridgehead atoms. The van der Waals surface area contributed by atoms with Crippen LogP contribution in [0.25, 0.3) is 6.08 Å². The number of benzene rings is 3. The van der Waals surface area contributed by atoms with E-state index in [1.165, 1.54) is 37.5 Å². The Labute approximate surface area is 214 Å². The number of ether oxygens (including phenoxy) is 1. The number of barbiturate groups is 1. The van der Waals surface area contributed by atoms with Crippen molar-refractivity contribution in [2.24, 2.45) is 0 Å². The Balaban J connectivity index is 1.61. The molecule has 1 heterocycles. The molecule has 1 fully saturated rings. The first-order chi connectivity index (χ1) is 16.8. The number of hydrogen-bond acceptors (Lipinski definition) is 5. The third-order valence-corrected chi connectivity index (χ3v) is 6.48. The van der Waals surface area contributed by atoms with E-state index in [1.54, 1.807) is 12.1 Å². The molecule has 4 rings (SSSR count). The summed E-state index contributed by atoms with van der Waals surface area (Å²) in [7, 11) is 1.25. The van der Waals surface area contributed by atoms with Crippen molar-refractivity contribution >= 4 is 63.1 Å². The summed E-state index contributed by atoms with van der Waals surface area (Å²) in [4.78, 5) is 50.5. The predicted molar refractivity (Wildman–Crippen MR) is 135 cm³/mol. The lowest BCUT2D eigenvalue weighted by Gasteiger charge is -2.26. The van der Waals surface area contributed by atoms with Gasteiger partial charge in [0.15, 0.2) is 0 Å². The molecule has 0 saturated carbocycles. The molecule has 0 aromatic heterocycles. The van der Waals surface area contributed by atoms with Crippen molar-refractivity contribution in [2.75, 3.05) is 12.0 Å². The largest absolute Gasteiger partial charge is 0.465 e. The minimum atomic E-state index is -0.876. The van der Waals surface area contributed by atoms with Crippen LogP contribution in [0.1, 0.15) is 27.0 Å². The zero-order valence-electron chi connectivity index (χ0n) is 18.4. The van der Waals surface area contributed by atoms with E-state index in [4.69, 9.17) is 11.6 Å². The lowest BCUT2D eigenvalue weighted by Crippen LogP contribution is -2.54. The van der Waals surface area contributed by atoms with Crippen LogP contribution in [-0.4, -0.2) is 30.9 Å². The summed E-state index contributed by atoms with van der Waals surface area (Å²) in [5.74, 6) is -2.12. The summed E-state index contributed by atoms with van der Waals surface area (Å²) in [5, 5.41) is 2.85. The van der Waals surface area contributed by atoms with E-state index in [2.05, 4.69) is 26.0 Å². The second kappa shape index (κ2) is 10.2. The van der Waals surface area contributed by atoms with Gasteiger partial charge < -0.3 is 4.74 Å². The summed E-state index contributed by atoms with van der Waals surface area (Å²) >= 11 is 9.81. The number of carbonyl (C=O) groups excluding carboxylic acids is 4. The van der Waals surface area contributed by atoms with E-state index in [0.29, 0.717) is 17.0 Å². The molecule has 1 aliphatic rings. The molecule has 3 aromatic rings. The summed E-state index contributed by atoms with van der Waals surface area (Å²) in [6, 6.07) is 17.8. The van der Waals surface area contributed by atoms with Gasteiger partial charge in [-0.25, -0.2) is 14.5 Å². The van der Waals surface area contributed by atoms with Crippen LogP contribution in [0.4, 0.5) is 10.5 Å². The Morgan fingerprint density at radius 2 is 1.74 bits per heavy atom. The van der Waals surface area contributed by atoms with Gasteiger partial charge in [0.05, 0.1) is 18.4 Å². The van der Waals surface area contributed by atoms with Gasteiger partial charge in [0.25, 0.3) is 11.8 Å². The first-order valence-corrected chi connectivity index (χ1v) is 11.6. The van der Waals surface area contributed by atoms with Crippen LogP contribution in [0, 0.1) is 0 Å². The summed E-state index contributed by atoms with van der Waals surface area (Å²) < 4.78 is 5.43. The number of methoxy groups -OCH3 is 1. The number of esters is 1. The molecule has 0 atom stereocenters. The van der Waals surface area contributed by atoms with Gasteiger partial charge in [0.2, 0.25) is 0 Å². The molecule has 0 spiro atoms. The van der Waals surface area contributed by atoms with E-state index in [9.17, 15) is 19.2 Å². The molecule has 176 valence electrons. The van der Waals surface area contributed by atoms with Gasteiger partial charge in [0.1, 0.15) is 5.57 Å². The van der Waals surface area contributed by atoms with Crippen molar-refractivity contribution in [3.8, 4) is 0 Å². The highest BCUT2D eigenvalue weighted by Crippen LogP contribution is 2.27. The smallest absolute Gasteiger partial charge is 0.337 e. The van der Waals surface area contributed by atoms with Crippen molar-refractivity contribution < 1.29 is 23.9 Å². The normalized spacial score (nSPS) is 14.8. The van der Waals surface area contributed by atoms with Crippen LogP contribution in [0.5, 0.6) is 0 Å². The van der Waals surface area contributed by atoms with Crippen molar-refractivity contribution in [3.05, 3.63) is 104 Å². The van der Waals surface area contributed by atoms with Crippen LogP contribution >= 0.6 is 27.5 Å². The Morgan fingerprint density at radius 3 is 2.40 bits per heavy atom. The number of halogens is 2. The fourth-order valence-corrected chi connectivity index (χ4v) is 4.31. The number of anilines is 1. The molecule has 1 aliphatic heterocycles. The van der Waals surface area contributed by atoms with Gasteiger partial charge in [-0.1, -0.05) is 57.9 Å². The molecular weight excluding hydrogens is 536 g/mol. The average molecular weight is 554 g/mol. The van der Waals surface area contributed by atoms with Crippen LogP contribution in [-0.2, 0) is 20.7 Å². The van der Waals surface area contributed by atoms with Crippen molar-refractivity contribution in [2.45, 2.75) is 6.42 Å². The Hall–Kier alpha value is -3.75. The monoisotopic (exact) mass is 552 g/mol. The van der Waals surface area contributed by atoms with Crippen LogP contribution < -0.4 is 10.2 Å². The number of nitrogens with one attached hydrogen (secondary N) is 1. The second-order valence-corrected chi connectivity index (χ2v) is 8.88. The summed E-state index contributed by atoms with van der Waals surface area (Å²) in [5.41, 5.74) is 2.79. The minimum Gasteiger partial charge on any atom is -0.465 e. The number of rotatable bonds is 5. The molecule has 1 saturated heterocycles. The topological polar surface area (TPSA) is 92.8 Å². The highest BCUT2D eigenvalue weighted by atomic mass is 79.9. The van der Waals surface area contributed by atoms with Gasteiger partial charge in [-0.3, -0.25) is 14.9 Å². The third-order valence-electron chi connectivity index (χ3n) is 5.38. The van der Waals surface area contributed by atoms with Crippen LogP contribution in [0.3, 0.4) is 0 Å². The van der Waals surface area contributed by atoms with E-state index in [1.807, 2.05) is 30.3 Å². The minimum absolute atomic E-state index is 0.201. The Morgan fingerprint density at radius 1 is 1.03 bits per heavy atom. The van der Waals surface area contributed by atoms with E-state index >= 15 is 0 Å². The highest BCUT2D eigenvalue weighted by Gasteiger charge is 2.36. The molecule has 0 aliphatic carbocycles. The number of imide groups is 2. The lowest BCUT2D eigenvalue weighted by molar-refractivity contribution is -0.122. The van der Waals surface area contributed by atoms with Gasteiger partial charge in [0, 0.05) is 15.9 Å². The van der Waals surface area contributed by atoms with E-state index in [-0.39, 0.29) is 16.8 Å². The fraction of sp³-hybridized carbons (Fsp3) is 0.0769. The summed E-state index contributed by atoms with van der Waals surface area (Å²) in [6.07, 6.45) is 2.02. The molecule has 3 aromatic carbocycles. The van der Waals surface area contributed by atoms with Crippen LogP contribution in [0.2, 0.25) is 5.02 Å². The lowest BCUT2D eigenvalue weighted by atomic mass is 10.0. The second-order valence-electron chi connectivity index (χ2n) is 7.62. The first-order valence-electron chi connectivity index (χ1n) is 10.4. The zero-order valence-corrected chi connectivity index (χ0v) is 20.7. The Kier molecular flexibility index (Phi) is 7.14. The number of amides is 4. The number of hydrogen-bond donors (Lipinski definition) is 1. The molecule has 7 nitrogen and oxygen atoms in total.